The number of amides is 1. The van der Waals surface area contributed by atoms with Gasteiger partial charge in [0.1, 0.15) is 17.2 Å². The average Bonchev–Trinajstić information content (AvgIpc) is 2.76. The predicted octanol–water partition coefficient (Wildman–Crippen LogP) is 6.11. The molecule has 0 heterocycles. The van der Waals surface area contributed by atoms with Gasteiger partial charge in [-0.15, -0.1) is 0 Å². The van der Waals surface area contributed by atoms with E-state index in [1.165, 1.54) is 31.4 Å². The third-order valence-electron chi connectivity index (χ3n) is 4.84. The van der Waals surface area contributed by atoms with Crippen molar-refractivity contribution in [3.8, 4) is 5.75 Å². The van der Waals surface area contributed by atoms with Gasteiger partial charge in [0.2, 0.25) is 5.91 Å². The fourth-order valence-corrected chi connectivity index (χ4v) is 5.23. The summed E-state index contributed by atoms with van der Waals surface area (Å²) in [6.45, 7) is 3.04. The third-order valence-corrected chi connectivity index (χ3v) is 7.61. The van der Waals surface area contributed by atoms with Crippen LogP contribution in [-0.4, -0.2) is 28.0 Å². The van der Waals surface area contributed by atoms with Crippen LogP contribution < -0.4 is 14.4 Å². The summed E-state index contributed by atoms with van der Waals surface area (Å²) in [4.78, 5) is 12.9. The fourth-order valence-electron chi connectivity index (χ4n) is 3.11. The number of ether oxygens (including phenoxy) is 1. The zero-order valence-corrected chi connectivity index (χ0v) is 21.1. The van der Waals surface area contributed by atoms with Crippen LogP contribution in [0.15, 0.2) is 59.5 Å². The number of rotatable bonds is 7. The molecule has 6 nitrogen and oxygen atoms in total. The number of aryl methyl sites for hydroxylation is 2. The van der Waals surface area contributed by atoms with Crippen LogP contribution in [0.3, 0.4) is 0 Å². The highest BCUT2D eigenvalue weighted by Crippen LogP contribution is 2.34. The first-order chi connectivity index (χ1) is 15.5. The zero-order valence-electron chi connectivity index (χ0n) is 18.0. The van der Waals surface area contributed by atoms with E-state index < -0.39 is 22.5 Å². The van der Waals surface area contributed by atoms with Crippen LogP contribution in [0.4, 0.5) is 11.4 Å². The van der Waals surface area contributed by atoms with Crippen molar-refractivity contribution < 1.29 is 17.9 Å². The summed E-state index contributed by atoms with van der Waals surface area (Å²) in [6, 6.07) is 14.2. The molecule has 174 valence electrons. The molecule has 0 unspecified atom stereocenters. The van der Waals surface area contributed by atoms with Gasteiger partial charge in [-0.1, -0.05) is 46.9 Å². The van der Waals surface area contributed by atoms with E-state index in [1.54, 1.807) is 44.2 Å². The van der Waals surface area contributed by atoms with E-state index in [9.17, 15) is 13.2 Å². The molecule has 0 saturated carbocycles. The molecule has 0 aliphatic heterocycles. The lowest BCUT2D eigenvalue weighted by Crippen LogP contribution is -2.38. The van der Waals surface area contributed by atoms with E-state index in [1.807, 2.05) is 0 Å². The summed E-state index contributed by atoms with van der Waals surface area (Å²) < 4.78 is 33.7. The van der Waals surface area contributed by atoms with Crippen LogP contribution in [0.5, 0.6) is 5.75 Å². The molecule has 0 fully saturated rings. The Morgan fingerprint density at radius 1 is 0.970 bits per heavy atom. The minimum atomic E-state index is -4.23. The Hall–Kier alpha value is -2.45. The van der Waals surface area contributed by atoms with E-state index in [0.717, 1.165) is 9.87 Å². The molecule has 0 spiro atoms. The molecule has 3 rings (SSSR count). The number of benzene rings is 3. The maximum atomic E-state index is 13.7. The number of nitrogens with one attached hydrogen (secondary N) is 1. The lowest BCUT2D eigenvalue weighted by Gasteiger charge is -2.25. The SMILES string of the molecule is COc1ccc(C)cc1S(=O)(=O)N(CC(=O)Nc1cc(Cl)ccc1C)c1ccc(Cl)c(Cl)c1. The molecule has 10 heteroatoms. The standard InChI is InChI=1S/C23H21Cl3N2O4S/c1-14-4-9-21(32-3)22(10-14)33(30,31)28(17-7-8-18(25)19(26)12-17)13-23(29)27-20-11-16(24)6-5-15(20)2/h4-12H,13H2,1-3H3,(H,27,29). The van der Waals surface area contributed by atoms with Crippen LogP contribution in [0.2, 0.25) is 15.1 Å². The Labute approximate surface area is 208 Å². The topological polar surface area (TPSA) is 75.7 Å². The molecule has 0 saturated heterocycles. The van der Waals surface area contributed by atoms with Gasteiger partial charge in [-0.05, 0) is 67.4 Å². The predicted molar refractivity (Wildman–Crippen MR) is 134 cm³/mol. The number of halogens is 3. The normalized spacial score (nSPS) is 11.2. The van der Waals surface area contributed by atoms with Gasteiger partial charge < -0.3 is 10.1 Å². The Kier molecular flexibility index (Phi) is 7.80. The molecule has 0 aromatic heterocycles. The minimum absolute atomic E-state index is 0.0807. The van der Waals surface area contributed by atoms with Crippen molar-refractivity contribution in [2.45, 2.75) is 18.7 Å². The maximum Gasteiger partial charge on any atom is 0.268 e. The highest BCUT2D eigenvalue weighted by atomic mass is 35.5. The van der Waals surface area contributed by atoms with Crippen LogP contribution in [0.25, 0.3) is 0 Å². The van der Waals surface area contributed by atoms with Gasteiger partial charge in [0.25, 0.3) is 10.0 Å². The van der Waals surface area contributed by atoms with Crippen molar-refractivity contribution in [1.29, 1.82) is 0 Å². The molecule has 3 aromatic carbocycles. The summed E-state index contributed by atoms with van der Waals surface area (Å²) in [5, 5.41) is 3.56. The van der Waals surface area contributed by atoms with Gasteiger partial charge in [0, 0.05) is 10.7 Å². The van der Waals surface area contributed by atoms with Crippen LogP contribution >= 0.6 is 34.8 Å². The molecular weight excluding hydrogens is 507 g/mol. The van der Waals surface area contributed by atoms with Gasteiger partial charge >= 0.3 is 0 Å². The molecular formula is C23H21Cl3N2O4S. The zero-order chi connectivity index (χ0) is 24.3. The van der Waals surface area contributed by atoms with Gasteiger partial charge in [-0.3, -0.25) is 9.10 Å². The van der Waals surface area contributed by atoms with Crippen LogP contribution in [0.1, 0.15) is 11.1 Å². The molecule has 0 aliphatic carbocycles. The van der Waals surface area contributed by atoms with Crippen molar-refractivity contribution in [3.63, 3.8) is 0 Å². The second-order valence-electron chi connectivity index (χ2n) is 7.27. The Morgan fingerprint density at radius 3 is 2.36 bits per heavy atom. The number of hydrogen-bond donors (Lipinski definition) is 1. The number of carbonyl (C=O) groups excluding carboxylic acids is 1. The number of anilines is 2. The molecule has 1 amide bonds. The van der Waals surface area contributed by atoms with Crippen molar-refractivity contribution in [2.75, 3.05) is 23.3 Å². The highest BCUT2D eigenvalue weighted by molar-refractivity contribution is 7.93. The Morgan fingerprint density at radius 2 is 1.70 bits per heavy atom. The summed E-state index contributed by atoms with van der Waals surface area (Å²) in [7, 11) is -2.86. The van der Waals surface area contributed by atoms with E-state index in [4.69, 9.17) is 39.5 Å². The number of methoxy groups -OCH3 is 1. The third kappa shape index (κ3) is 5.73. The van der Waals surface area contributed by atoms with Crippen LogP contribution in [0, 0.1) is 13.8 Å². The summed E-state index contributed by atoms with van der Waals surface area (Å²) in [5.74, 6) is -0.418. The fraction of sp³-hybridized carbons (Fsp3) is 0.174. The number of nitrogens with zero attached hydrogens (tertiary/aromatic N) is 1. The molecule has 1 N–H and O–H groups in total. The van der Waals surface area contributed by atoms with Crippen LogP contribution in [-0.2, 0) is 14.8 Å². The summed E-state index contributed by atoms with van der Waals surface area (Å²) >= 11 is 18.2. The number of hydrogen-bond acceptors (Lipinski definition) is 4. The maximum absolute atomic E-state index is 13.7. The quantitative estimate of drug-likeness (QED) is 0.402. The number of sulfonamides is 1. The molecule has 3 aromatic rings. The van der Waals surface area contributed by atoms with Crippen molar-refractivity contribution in [3.05, 3.63) is 80.8 Å². The van der Waals surface area contributed by atoms with Gasteiger partial charge in [0.05, 0.1) is 22.8 Å². The number of carbonyl (C=O) groups is 1. The molecule has 0 bridgehead atoms. The average molecular weight is 528 g/mol. The van der Waals surface area contributed by atoms with Gasteiger partial charge in [-0.2, -0.15) is 0 Å². The molecule has 0 atom stereocenters. The molecule has 33 heavy (non-hydrogen) atoms. The van der Waals surface area contributed by atoms with Gasteiger partial charge in [-0.25, -0.2) is 8.42 Å². The lowest BCUT2D eigenvalue weighted by atomic mass is 10.2. The van der Waals surface area contributed by atoms with E-state index >= 15 is 0 Å². The van der Waals surface area contributed by atoms with Gasteiger partial charge in [0.15, 0.2) is 0 Å². The summed E-state index contributed by atoms with van der Waals surface area (Å²) in [5.41, 5.74) is 2.14. The second kappa shape index (κ2) is 10.2. The summed E-state index contributed by atoms with van der Waals surface area (Å²) in [6.07, 6.45) is 0. The van der Waals surface area contributed by atoms with Crippen molar-refractivity contribution >= 4 is 62.1 Å². The Bertz CT molecular complexity index is 1310. The largest absolute Gasteiger partial charge is 0.495 e. The highest BCUT2D eigenvalue weighted by Gasteiger charge is 2.30. The smallest absolute Gasteiger partial charge is 0.268 e. The van der Waals surface area contributed by atoms with E-state index in [0.29, 0.717) is 16.3 Å². The Balaban J connectivity index is 2.06. The lowest BCUT2D eigenvalue weighted by molar-refractivity contribution is -0.114. The first kappa shape index (κ1) is 25.2. The van der Waals surface area contributed by atoms with Crippen molar-refractivity contribution in [2.24, 2.45) is 0 Å². The first-order valence-electron chi connectivity index (χ1n) is 9.71. The molecule has 0 aliphatic rings. The first-order valence-corrected chi connectivity index (χ1v) is 12.3. The van der Waals surface area contributed by atoms with Crippen molar-refractivity contribution in [1.82, 2.24) is 0 Å². The van der Waals surface area contributed by atoms with E-state index in [2.05, 4.69) is 5.32 Å². The minimum Gasteiger partial charge on any atom is -0.495 e. The van der Waals surface area contributed by atoms with E-state index in [-0.39, 0.29) is 26.4 Å². The molecule has 0 radical (unpaired) electrons. The monoisotopic (exact) mass is 526 g/mol. The second-order valence-corrected chi connectivity index (χ2v) is 10.4.